The molecule has 110 valence electrons. The summed E-state index contributed by atoms with van der Waals surface area (Å²) in [6, 6.07) is 5.93. The summed E-state index contributed by atoms with van der Waals surface area (Å²) in [6.45, 7) is 4.32. The van der Waals surface area contributed by atoms with Crippen molar-refractivity contribution < 1.29 is 9.94 Å². The van der Waals surface area contributed by atoms with Gasteiger partial charge in [0, 0.05) is 31.5 Å². The van der Waals surface area contributed by atoms with Crippen LogP contribution >= 0.6 is 0 Å². The maximum absolute atomic E-state index is 8.89. The van der Waals surface area contributed by atoms with Gasteiger partial charge in [0.25, 0.3) is 0 Å². The number of aryl methyl sites for hydroxylation is 1. The predicted octanol–water partition coefficient (Wildman–Crippen LogP) is 1.95. The van der Waals surface area contributed by atoms with Crippen LogP contribution in [-0.2, 0) is 4.74 Å². The third-order valence-corrected chi connectivity index (χ3v) is 3.57. The van der Waals surface area contributed by atoms with Gasteiger partial charge in [-0.1, -0.05) is 16.8 Å². The molecule has 1 aliphatic rings. The molecule has 0 bridgehead atoms. The molecule has 0 aliphatic heterocycles. The molecule has 20 heavy (non-hydrogen) atoms. The normalized spacial score (nSPS) is 15.4. The predicted molar refractivity (Wildman–Crippen MR) is 80.5 cm³/mol. The number of likely N-dealkylation sites (N-methyl/N-ethyl adjacent to an activating group) is 1. The Labute approximate surface area is 120 Å². The van der Waals surface area contributed by atoms with Crippen molar-refractivity contribution in [1.29, 1.82) is 0 Å². The summed E-state index contributed by atoms with van der Waals surface area (Å²) in [6.07, 6.45) is 2.61. The first-order valence-electron chi connectivity index (χ1n) is 6.99. The number of nitrogens with zero attached hydrogens (tertiary/aromatic N) is 2. The first-order valence-corrected chi connectivity index (χ1v) is 6.99. The fourth-order valence-electron chi connectivity index (χ4n) is 2.10. The number of benzene rings is 1. The number of amidine groups is 1. The number of hydrogen-bond donors (Lipinski definition) is 2. The van der Waals surface area contributed by atoms with Gasteiger partial charge in [-0.3, -0.25) is 0 Å². The molecule has 1 aliphatic carbocycles. The number of ether oxygens (including phenoxy) is 1. The minimum atomic E-state index is 0.134. The van der Waals surface area contributed by atoms with Crippen LogP contribution < -0.4 is 10.6 Å². The van der Waals surface area contributed by atoms with Crippen molar-refractivity contribution in [1.82, 2.24) is 0 Å². The van der Waals surface area contributed by atoms with Crippen LogP contribution in [0.4, 0.5) is 5.69 Å². The quantitative estimate of drug-likeness (QED) is 0.263. The summed E-state index contributed by atoms with van der Waals surface area (Å²) in [5, 5.41) is 12.0. The van der Waals surface area contributed by atoms with E-state index in [4.69, 9.17) is 15.7 Å². The van der Waals surface area contributed by atoms with Crippen LogP contribution in [0.25, 0.3) is 0 Å². The molecule has 0 aromatic heterocycles. The van der Waals surface area contributed by atoms with Gasteiger partial charge in [0.1, 0.15) is 0 Å². The lowest BCUT2D eigenvalue weighted by atomic mass is 10.1. The molecule has 5 heteroatoms. The number of anilines is 1. The summed E-state index contributed by atoms with van der Waals surface area (Å²) in [5.41, 5.74) is 8.52. The van der Waals surface area contributed by atoms with Crippen molar-refractivity contribution in [2.75, 3.05) is 31.7 Å². The van der Waals surface area contributed by atoms with Gasteiger partial charge in [-0.25, -0.2) is 0 Å². The molecule has 0 unspecified atom stereocenters. The Hall–Kier alpha value is -1.75. The van der Waals surface area contributed by atoms with Gasteiger partial charge >= 0.3 is 0 Å². The van der Waals surface area contributed by atoms with Crippen molar-refractivity contribution in [3.8, 4) is 0 Å². The molecule has 1 fully saturated rings. The van der Waals surface area contributed by atoms with Crippen molar-refractivity contribution in [3.05, 3.63) is 29.3 Å². The Morgan fingerprint density at radius 2 is 2.25 bits per heavy atom. The molecule has 1 saturated carbocycles. The molecule has 5 nitrogen and oxygen atoms in total. The van der Waals surface area contributed by atoms with Crippen molar-refractivity contribution in [3.63, 3.8) is 0 Å². The van der Waals surface area contributed by atoms with E-state index in [1.54, 1.807) is 0 Å². The molecule has 0 atom stereocenters. The largest absolute Gasteiger partial charge is 0.409 e. The zero-order valence-corrected chi connectivity index (χ0v) is 12.2. The Morgan fingerprint density at radius 1 is 1.50 bits per heavy atom. The molecule has 1 aromatic carbocycles. The van der Waals surface area contributed by atoms with Gasteiger partial charge in [0.15, 0.2) is 5.84 Å². The third kappa shape index (κ3) is 3.87. The van der Waals surface area contributed by atoms with Gasteiger partial charge in [0.2, 0.25) is 0 Å². The minimum Gasteiger partial charge on any atom is -0.409 e. The van der Waals surface area contributed by atoms with Crippen molar-refractivity contribution in [2.45, 2.75) is 19.8 Å². The second-order valence-electron chi connectivity index (χ2n) is 5.45. The molecule has 0 saturated heterocycles. The van der Waals surface area contributed by atoms with Crippen molar-refractivity contribution >= 4 is 11.5 Å². The zero-order chi connectivity index (χ0) is 14.5. The average Bonchev–Trinajstić information content (AvgIpc) is 3.26. The van der Waals surface area contributed by atoms with Gasteiger partial charge in [-0.15, -0.1) is 0 Å². The van der Waals surface area contributed by atoms with Crippen LogP contribution in [0.15, 0.2) is 23.4 Å². The Bertz CT molecular complexity index is 484. The highest BCUT2D eigenvalue weighted by Gasteiger charge is 2.21. The zero-order valence-electron chi connectivity index (χ0n) is 12.2. The fraction of sp³-hybridized carbons (Fsp3) is 0.533. The fourth-order valence-corrected chi connectivity index (χ4v) is 2.10. The molecule has 0 spiro atoms. The third-order valence-electron chi connectivity index (χ3n) is 3.57. The van der Waals surface area contributed by atoms with Gasteiger partial charge < -0.3 is 20.6 Å². The average molecular weight is 277 g/mol. The Balaban J connectivity index is 1.98. The molecular weight excluding hydrogens is 254 g/mol. The lowest BCUT2D eigenvalue weighted by Gasteiger charge is -2.22. The van der Waals surface area contributed by atoms with E-state index < -0.39 is 0 Å². The topological polar surface area (TPSA) is 71.1 Å². The molecule has 0 amide bonds. The number of rotatable bonds is 7. The lowest BCUT2D eigenvalue weighted by Crippen LogP contribution is -2.26. The van der Waals surface area contributed by atoms with Crippen molar-refractivity contribution in [2.24, 2.45) is 16.8 Å². The molecule has 2 rings (SSSR count). The number of oxime groups is 1. The monoisotopic (exact) mass is 277 g/mol. The maximum Gasteiger partial charge on any atom is 0.172 e. The summed E-state index contributed by atoms with van der Waals surface area (Å²) in [5.74, 6) is 0.918. The maximum atomic E-state index is 8.89. The molecule has 0 heterocycles. The van der Waals surface area contributed by atoms with Crippen LogP contribution in [0.3, 0.4) is 0 Å². The lowest BCUT2D eigenvalue weighted by molar-refractivity contribution is 0.131. The van der Waals surface area contributed by atoms with Crippen LogP contribution in [0.1, 0.15) is 24.0 Å². The highest BCUT2D eigenvalue weighted by molar-refractivity contribution is 6.02. The summed E-state index contributed by atoms with van der Waals surface area (Å²) in [7, 11) is 1.99. The van der Waals surface area contributed by atoms with E-state index in [1.807, 2.05) is 32.2 Å². The second kappa shape index (κ2) is 6.61. The van der Waals surface area contributed by atoms with Gasteiger partial charge in [-0.2, -0.15) is 0 Å². The van der Waals surface area contributed by atoms with E-state index in [0.29, 0.717) is 6.61 Å². The highest BCUT2D eigenvalue weighted by atomic mass is 16.5. The Kier molecular flexibility index (Phi) is 4.84. The summed E-state index contributed by atoms with van der Waals surface area (Å²) >= 11 is 0. The number of nitrogens with two attached hydrogens (primary N) is 1. The molecule has 1 aromatic rings. The van der Waals surface area contributed by atoms with E-state index in [9.17, 15) is 0 Å². The minimum absolute atomic E-state index is 0.134. The number of hydrogen-bond acceptors (Lipinski definition) is 4. The highest BCUT2D eigenvalue weighted by Crippen LogP contribution is 2.28. The van der Waals surface area contributed by atoms with E-state index in [1.165, 1.54) is 12.8 Å². The van der Waals surface area contributed by atoms with Crippen LogP contribution in [0, 0.1) is 12.8 Å². The van der Waals surface area contributed by atoms with Crippen LogP contribution in [-0.4, -0.2) is 37.8 Å². The Morgan fingerprint density at radius 3 is 2.90 bits per heavy atom. The van der Waals surface area contributed by atoms with E-state index in [-0.39, 0.29) is 5.84 Å². The second-order valence-corrected chi connectivity index (χ2v) is 5.45. The molecule has 3 N–H and O–H groups in total. The first kappa shape index (κ1) is 14.7. The van der Waals surface area contributed by atoms with Crippen LogP contribution in [0.2, 0.25) is 0 Å². The molecular formula is C15H23N3O2. The molecule has 0 radical (unpaired) electrons. The van der Waals surface area contributed by atoms with E-state index >= 15 is 0 Å². The standard InChI is InChI=1S/C15H23N3O2/c1-11-3-6-14(13(9-11)15(16)17-19)18(2)7-8-20-10-12-4-5-12/h3,6,9,12,19H,4-5,7-8,10H2,1-2H3,(H2,16,17). The first-order chi connectivity index (χ1) is 9.61. The summed E-state index contributed by atoms with van der Waals surface area (Å²) in [4.78, 5) is 2.07. The smallest absolute Gasteiger partial charge is 0.172 e. The van der Waals surface area contributed by atoms with E-state index in [2.05, 4.69) is 10.1 Å². The van der Waals surface area contributed by atoms with Gasteiger partial charge in [0.05, 0.1) is 6.61 Å². The summed E-state index contributed by atoms with van der Waals surface area (Å²) < 4.78 is 5.65. The van der Waals surface area contributed by atoms with Crippen LogP contribution in [0.5, 0.6) is 0 Å². The van der Waals surface area contributed by atoms with E-state index in [0.717, 1.165) is 35.9 Å². The SMILES string of the molecule is Cc1ccc(N(C)CCOCC2CC2)c(/C(N)=N/O)c1. The van der Waals surface area contributed by atoms with Gasteiger partial charge in [-0.05, 0) is 37.8 Å².